The molecular formula is C72H185N2O19Si20+. The minimum Gasteiger partial charge on any atom is -0.456 e. The molecule has 0 aromatic heterocycles. The molecule has 21 nitrogen and oxygen atoms in total. The number of hydrogen-bond acceptors (Lipinski definition) is 19. The van der Waals surface area contributed by atoms with Gasteiger partial charge in [-0.25, -0.2) is 0 Å². The second-order valence-electron chi connectivity index (χ2n) is 46.8. The van der Waals surface area contributed by atoms with Gasteiger partial charge in [0.15, 0.2) is 33.3 Å². The van der Waals surface area contributed by atoms with Crippen molar-refractivity contribution in [3.05, 3.63) is 12.2 Å². The molecule has 0 aliphatic rings. The lowest BCUT2D eigenvalue weighted by Crippen LogP contribution is -2.46. The van der Waals surface area contributed by atoms with E-state index in [1.807, 2.05) is 0 Å². The van der Waals surface area contributed by atoms with E-state index < -0.39 is 166 Å². The first-order valence-electron chi connectivity index (χ1n) is 43.1. The van der Waals surface area contributed by atoms with Crippen LogP contribution in [0.4, 0.5) is 0 Å². The lowest BCUT2D eigenvalue weighted by Gasteiger charge is -2.36. The number of hydrogen-bond donors (Lipinski definition) is 1. The highest BCUT2D eigenvalue weighted by atomic mass is 28.4. The van der Waals surface area contributed by atoms with Gasteiger partial charge in [-0.2, -0.15) is 0 Å². The lowest BCUT2D eigenvalue weighted by atomic mass is 10.2. The van der Waals surface area contributed by atoms with Crippen LogP contribution in [0.2, 0.25) is 383 Å². The Morgan fingerprint density at radius 3 is 0.549 bits per heavy atom. The van der Waals surface area contributed by atoms with Gasteiger partial charge in [-0.3, -0.25) is 78.0 Å². The fourth-order valence-electron chi connectivity index (χ4n) is 11.7. The predicted octanol–water partition coefficient (Wildman–Crippen LogP) is 25.3. The number of carbonyl (C=O) groups is 1. The van der Waals surface area contributed by atoms with E-state index >= 15 is 0 Å². The molecular weight excluding hydrogens is 1760 g/mol. The van der Waals surface area contributed by atoms with E-state index in [0.29, 0.717) is 12.1 Å². The van der Waals surface area contributed by atoms with Crippen LogP contribution < -0.4 is 5.32 Å². The van der Waals surface area contributed by atoms with Crippen molar-refractivity contribution in [2.45, 2.75) is 409 Å². The summed E-state index contributed by atoms with van der Waals surface area (Å²) in [6.45, 7) is 102. The molecule has 0 unspecified atom stereocenters. The number of nitrogens with one attached hydrogen (secondary N) is 1. The number of rotatable bonds is 65. The van der Waals surface area contributed by atoms with E-state index in [0.717, 1.165) is 133 Å². The summed E-state index contributed by atoms with van der Waals surface area (Å²) in [5, 5.41) is 2.97. The molecule has 0 aliphatic heterocycles. The Kier molecular flexibility index (Phi) is 47.6. The third-order valence-electron chi connectivity index (χ3n) is 20.4. The molecule has 0 aliphatic carbocycles. The third-order valence-corrected chi connectivity index (χ3v) is 71.6. The zero-order valence-corrected chi connectivity index (χ0v) is 102. The van der Waals surface area contributed by atoms with Crippen molar-refractivity contribution in [2.75, 3.05) is 33.7 Å². The van der Waals surface area contributed by atoms with E-state index in [4.69, 9.17) is 81.5 Å². The first-order chi connectivity index (χ1) is 50.0. The Morgan fingerprint density at radius 1 is 0.230 bits per heavy atom. The highest BCUT2D eigenvalue weighted by molar-refractivity contribution is 6.88. The highest BCUT2D eigenvalue weighted by Crippen LogP contribution is 2.37. The van der Waals surface area contributed by atoms with Gasteiger partial charge in [0.05, 0.1) is 27.2 Å². The SMILES string of the molecule is C=C(C)C(=O)NCCC[N+](C)(C)CCCC[Si](C)(C)O[Si](C)(C)CC[Si](C)(C)OO[Si](C)(C)CC[Si](C)(C)OO[Si](C)(C)CC[Si](C)(C)OO[Si](C)(C)CC[Si](C)(C)OO[Si](C)(C)CC[Si](C)(C)OO[Si](C)(C)CC[Si](C)(C)OO[Si](C)(C)CC[Si](C)(C)OO[Si](C)(C)CC[Si](C)(C)OO[Si](C)(C)CC[Si](C)(C)O[Si](C)(C)C. The number of unbranched alkanes of at least 4 members (excludes halogenated alkanes) is 1. The molecule has 0 aromatic carbocycles. The summed E-state index contributed by atoms with van der Waals surface area (Å²) in [6.07, 6.45) is 3.33. The smallest absolute Gasteiger partial charge is 0.246 e. The minimum absolute atomic E-state index is 0.0528. The summed E-state index contributed by atoms with van der Waals surface area (Å²) in [6, 6.07) is 18.6. The Morgan fingerprint density at radius 2 is 0.381 bits per heavy atom. The van der Waals surface area contributed by atoms with Crippen molar-refractivity contribution >= 4 is 172 Å². The van der Waals surface area contributed by atoms with E-state index in [-0.39, 0.29) is 5.91 Å². The van der Waals surface area contributed by atoms with Crippen LogP contribution in [0.15, 0.2) is 12.2 Å². The third kappa shape index (κ3) is 60.9. The monoisotopic (exact) mass is 1940 g/mol. The number of nitrogens with zero attached hydrogens (tertiary/aromatic N) is 1. The van der Waals surface area contributed by atoms with Gasteiger partial charge in [0, 0.05) is 18.5 Å². The number of carbonyl (C=O) groups excluding carboxylic acids is 1. The summed E-state index contributed by atoms with van der Waals surface area (Å²) in [7, 11) is -37.0. The van der Waals surface area contributed by atoms with Crippen molar-refractivity contribution in [1.29, 1.82) is 0 Å². The van der Waals surface area contributed by atoms with Crippen LogP contribution >= 0.6 is 0 Å². The summed E-state index contributed by atoms with van der Waals surface area (Å²) in [5.74, 6) is -0.0528. The zero-order valence-electron chi connectivity index (χ0n) is 82.1. The second kappa shape index (κ2) is 46.5. The van der Waals surface area contributed by atoms with Gasteiger partial charge >= 0.3 is 0 Å². The molecule has 0 spiro atoms. The highest BCUT2D eigenvalue weighted by Gasteiger charge is 2.46. The Balaban J connectivity index is 5.00. The van der Waals surface area contributed by atoms with Gasteiger partial charge in [-0.1, -0.05) is 6.58 Å². The fourth-order valence-corrected chi connectivity index (χ4v) is 85.7. The molecule has 113 heavy (non-hydrogen) atoms. The maximum Gasteiger partial charge on any atom is 0.246 e. The van der Waals surface area contributed by atoms with Crippen LogP contribution in [0.1, 0.15) is 26.2 Å². The summed E-state index contributed by atoms with van der Waals surface area (Å²) < 4.78 is 118. The van der Waals surface area contributed by atoms with Crippen LogP contribution in [0.25, 0.3) is 0 Å². The van der Waals surface area contributed by atoms with E-state index in [9.17, 15) is 4.79 Å². The minimum atomic E-state index is -2.20. The van der Waals surface area contributed by atoms with Crippen molar-refractivity contribution < 1.29 is 90.7 Å². The number of amides is 1. The lowest BCUT2D eigenvalue weighted by molar-refractivity contribution is -0.890. The fraction of sp³-hybridized carbons (Fsp3) is 0.958. The van der Waals surface area contributed by atoms with Crippen molar-refractivity contribution in [3.63, 3.8) is 0 Å². The largest absolute Gasteiger partial charge is 0.456 e. The van der Waals surface area contributed by atoms with E-state index in [1.165, 1.54) is 18.9 Å². The quantitative estimate of drug-likeness (QED) is 0.0151. The molecule has 0 heterocycles. The molecule has 1 amide bonds. The summed E-state index contributed by atoms with van der Waals surface area (Å²) in [4.78, 5) is 11.9. The van der Waals surface area contributed by atoms with Crippen LogP contribution in [-0.4, -0.2) is 210 Å². The molecule has 0 atom stereocenters. The number of quaternary nitrogens is 1. The second-order valence-corrected chi connectivity index (χ2v) is 132. The molecule has 676 valence electrons. The van der Waals surface area contributed by atoms with Crippen LogP contribution in [0, 0.1) is 0 Å². The van der Waals surface area contributed by atoms with Gasteiger partial charge in [0.25, 0.3) is 0 Å². The van der Waals surface area contributed by atoms with Crippen molar-refractivity contribution in [1.82, 2.24) is 5.32 Å². The van der Waals surface area contributed by atoms with Gasteiger partial charge < -0.3 is 18.0 Å². The van der Waals surface area contributed by atoms with E-state index in [2.05, 4.69) is 294 Å². The predicted molar refractivity (Wildman–Crippen MR) is 530 cm³/mol. The summed E-state index contributed by atoms with van der Waals surface area (Å²) in [5.41, 5.74) is 0.561. The van der Waals surface area contributed by atoms with Crippen LogP contribution in [-0.2, 0) is 86.3 Å². The molecule has 0 fully saturated rings. The van der Waals surface area contributed by atoms with Gasteiger partial charge in [-0.05, 0) is 403 Å². The summed E-state index contributed by atoms with van der Waals surface area (Å²) >= 11 is 0. The molecule has 41 heteroatoms. The molecule has 0 radical (unpaired) electrons. The average Bonchev–Trinajstić information content (AvgIpc) is 0.838. The molecule has 0 bridgehead atoms. The van der Waals surface area contributed by atoms with E-state index in [1.54, 1.807) is 6.92 Å². The maximum atomic E-state index is 11.9. The maximum absolute atomic E-state index is 11.9. The standard InChI is InChI=1S/C72H184N2O19Si20/c1-71(2)72(75)73-49-48-51-74(3,4)50-46-47-52-111(40,41)93-113(44,45)70-68-110(38,39)91-89-108(34,35)66-64-106(30,31)87-85-104(26,27)62-60-102(22,23)83-81-100(18,19)58-56-98(14,15)79-77-96(10,11)54-53-95(8,9)76-78-97(12,13)55-57-99(16,17)80-82-101(20,21)59-61-103(24,25)84-86-105(28,29)63-65-107(32,33)88-90-109(36,37)67-69-112(42,43)92-94(5,6)7/h1,46-70H2,2-45H3/p+1. The zero-order chi connectivity index (χ0) is 88.8. The van der Waals surface area contributed by atoms with Gasteiger partial charge in [0.1, 0.15) is 0 Å². The molecule has 0 saturated carbocycles. The van der Waals surface area contributed by atoms with Gasteiger partial charge in [-0.15, -0.1) is 0 Å². The van der Waals surface area contributed by atoms with Crippen molar-refractivity contribution in [3.8, 4) is 0 Å². The first-order valence-corrected chi connectivity index (χ1v) is 106. The molecule has 1 N–H and O–H groups in total. The average molecular weight is 1940 g/mol. The van der Waals surface area contributed by atoms with Crippen LogP contribution in [0.5, 0.6) is 0 Å². The normalized spacial score (nSPS) is 15.1. The van der Waals surface area contributed by atoms with Crippen molar-refractivity contribution in [2.24, 2.45) is 0 Å². The molecule has 0 aromatic rings. The van der Waals surface area contributed by atoms with Gasteiger partial charge in [0.2, 0.25) is 139 Å². The molecule has 0 rings (SSSR count). The Labute approximate surface area is 717 Å². The topological polar surface area (TPSA) is 195 Å². The first kappa shape index (κ1) is 116. The molecule has 0 saturated heterocycles. The Bertz CT molecular complexity index is 2790. The Hall–Kier alpha value is 2.79. The van der Waals surface area contributed by atoms with Crippen LogP contribution in [0.3, 0.4) is 0 Å².